The summed E-state index contributed by atoms with van der Waals surface area (Å²) < 4.78 is 5.61. The van der Waals surface area contributed by atoms with Crippen LogP contribution < -0.4 is 4.74 Å². The Morgan fingerprint density at radius 3 is 2.40 bits per heavy atom. The van der Waals surface area contributed by atoms with Crippen molar-refractivity contribution < 1.29 is 9.53 Å². The molecule has 1 atom stereocenters. The van der Waals surface area contributed by atoms with E-state index in [1.165, 1.54) is 0 Å². The number of hydrogen-bond acceptors (Lipinski definition) is 2. The molecule has 0 fully saturated rings. The van der Waals surface area contributed by atoms with Crippen LogP contribution in [0.5, 0.6) is 5.75 Å². The number of hydrogen-bond donors (Lipinski definition) is 0. The number of halogens is 2. The monoisotopic (exact) mass is 308 g/mol. The first-order valence-electron chi connectivity index (χ1n) is 6.20. The fraction of sp³-hybridized carbons (Fsp3) is 0.188. The summed E-state index contributed by atoms with van der Waals surface area (Å²) in [5.74, 6) is 0.313. The summed E-state index contributed by atoms with van der Waals surface area (Å²) in [5.41, 5.74) is 1.72. The lowest BCUT2D eigenvalue weighted by atomic mass is 10.1. The van der Waals surface area contributed by atoms with Gasteiger partial charge in [-0.3, -0.25) is 4.79 Å². The minimum atomic E-state index is -0.631. The Kier molecular flexibility index (Phi) is 4.69. The van der Waals surface area contributed by atoms with E-state index in [9.17, 15) is 4.79 Å². The fourth-order valence-corrected chi connectivity index (χ4v) is 2.09. The SMILES string of the molecule is Cc1ccc(C(=O)C(C)Oc2cc(Cl)ccc2Cl)cc1. The Morgan fingerprint density at radius 1 is 1.10 bits per heavy atom. The van der Waals surface area contributed by atoms with E-state index in [0.717, 1.165) is 5.56 Å². The summed E-state index contributed by atoms with van der Waals surface area (Å²) in [7, 11) is 0. The van der Waals surface area contributed by atoms with Gasteiger partial charge in [-0.2, -0.15) is 0 Å². The highest BCUT2D eigenvalue weighted by Gasteiger charge is 2.18. The van der Waals surface area contributed by atoms with Crippen LogP contribution in [0.2, 0.25) is 10.0 Å². The van der Waals surface area contributed by atoms with Crippen LogP contribution in [-0.2, 0) is 0 Å². The van der Waals surface area contributed by atoms with E-state index in [-0.39, 0.29) is 5.78 Å². The Hall–Kier alpha value is -1.51. The summed E-state index contributed by atoms with van der Waals surface area (Å²) in [4.78, 5) is 12.3. The van der Waals surface area contributed by atoms with Crippen LogP contribution in [0, 0.1) is 6.92 Å². The number of Topliss-reactive ketones (excluding diaryl/α,β-unsaturated/α-hetero) is 1. The average Bonchev–Trinajstić information content (AvgIpc) is 2.43. The van der Waals surface area contributed by atoms with Crippen molar-refractivity contribution in [3.8, 4) is 5.75 Å². The highest BCUT2D eigenvalue weighted by molar-refractivity contribution is 6.34. The van der Waals surface area contributed by atoms with Gasteiger partial charge >= 0.3 is 0 Å². The minimum Gasteiger partial charge on any atom is -0.481 e. The summed E-state index contributed by atoms with van der Waals surface area (Å²) in [6, 6.07) is 12.3. The lowest BCUT2D eigenvalue weighted by Gasteiger charge is -2.15. The van der Waals surface area contributed by atoms with Crippen LogP contribution in [0.4, 0.5) is 0 Å². The van der Waals surface area contributed by atoms with E-state index in [4.69, 9.17) is 27.9 Å². The Bertz CT molecular complexity index is 621. The van der Waals surface area contributed by atoms with Crippen molar-refractivity contribution in [1.82, 2.24) is 0 Å². The van der Waals surface area contributed by atoms with Gasteiger partial charge in [0.05, 0.1) is 5.02 Å². The predicted octanol–water partition coefficient (Wildman–Crippen LogP) is 4.95. The molecule has 2 aromatic rings. The third-order valence-corrected chi connectivity index (χ3v) is 3.45. The molecule has 0 saturated heterocycles. The van der Waals surface area contributed by atoms with Crippen LogP contribution in [-0.4, -0.2) is 11.9 Å². The normalized spacial score (nSPS) is 12.0. The van der Waals surface area contributed by atoms with Crippen molar-refractivity contribution in [2.24, 2.45) is 0 Å². The third kappa shape index (κ3) is 3.53. The summed E-state index contributed by atoms with van der Waals surface area (Å²) in [6.07, 6.45) is -0.631. The van der Waals surface area contributed by atoms with E-state index in [0.29, 0.717) is 21.4 Å². The second-order valence-electron chi connectivity index (χ2n) is 4.57. The van der Waals surface area contributed by atoms with Crippen molar-refractivity contribution >= 4 is 29.0 Å². The Labute approximate surface area is 128 Å². The van der Waals surface area contributed by atoms with Crippen molar-refractivity contribution in [1.29, 1.82) is 0 Å². The molecule has 0 bridgehead atoms. The molecule has 0 aliphatic carbocycles. The Morgan fingerprint density at radius 2 is 1.75 bits per heavy atom. The van der Waals surface area contributed by atoms with Crippen LogP contribution >= 0.6 is 23.2 Å². The van der Waals surface area contributed by atoms with Gasteiger partial charge in [-0.05, 0) is 26.0 Å². The van der Waals surface area contributed by atoms with Gasteiger partial charge < -0.3 is 4.74 Å². The number of aryl methyl sites for hydroxylation is 1. The molecule has 0 N–H and O–H groups in total. The first-order valence-corrected chi connectivity index (χ1v) is 6.95. The number of carbonyl (C=O) groups is 1. The average molecular weight is 309 g/mol. The van der Waals surface area contributed by atoms with Gasteiger partial charge in [0, 0.05) is 16.7 Å². The summed E-state index contributed by atoms with van der Waals surface area (Å²) >= 11 is 11.9. The topological polar surface area (TPSA) is 26.3 Å². The molecule has 0 amide bonds. The molecular formula is C16H14Cl2O2. The van der Waals surface area contributed by atoms with Crippen molar-refractivity contribution in [3.63, 3.8) is 0 Å². The molecule has 2 aromatic carbocycles. The quantitative estimate of drug-likeness (QED) is 0.747. The number of carbonyl (C=O) groups excluding carboxylic acids is 1. The summed E-state index contributed by atoms with van der Waals surface area (Å²) in [6.45, 7) is 3.67. The van der Waals surface area contributed by atoms with Crippen molar-refractivity contribution in [2.75, 3.05) is 0 Å². The van der Waals surface area contributed by atoms with E-state index in [1.807, 2.05) is 19.1 Å². The molecular weight excluding hydrogens is 295 g/mol. The molecule has 0 radical (unpaired) electrons. The van der Waals surface area contributed by atoms with Gasteiger partial charge in [-0.15, -0.1) is 0 Å². The van der Waals surface area contributed by atoms with Crippen LogP contribution in [0.3, 0.4) is 0 Å². The zero-order valence-electron chi connectivity index (χ0n) is 11.2. The van der Waals surface area contributed by atoms with Crippen LogP contribution in [0.15, 0.2) is 42.5 Å². The number of rotatable bonds is 4. The van der Waals surface area contributed by atoms with Crippen LogP contribution in [0.1, 0.15) is 22.8 Å². The maximum absolute atomic E-state index is 12.3. The van der Waals surface area contributed by atoms with Gasteiger partial charge in [0.2, 0.25) is 5.78 Å². The Balaban J connectivity index is 2.15. The number of benzene rings is 2. The molecule has 2 nitrogen and oxygen atoms in total. The van der Waals surface area contributed by atoms with Crippen LogP contribution in [0.25, 0.3) is 0 Å². The smallest absolute Gasteiger partial charge is 0.202 e. The largest absolute Gasteiger partial charge is 0.481 e. The second-order valence-corrected chi connectivity index (χ2v) is 5.41. The standard InChI is InChI=1S/C16H14Cl2O2/c1-10-3-5-12(6-4-10)16(19)11(2)20-15-9-13(17)7-8-14(15)18/h3-9,11H,1-2H3. The first kappa shape index (κ1) is 14.9. The molecule has 0 saturated carbocycles. The lowest BCUT2D eigenvalue weighted by molar-refractivity contribution is 0.0818. The maximum atomic E-state index is 12.3. The minimum absolute atomic E-state index is 0.0963. The number of ether oxygens (including phenoxy) is 1. The predicted molar refractivity (Wildman–Crippen MR) is 82.1 cm³/mol. The zero-order chi connectivity index (χ0) is 14.7. The molecule has 0 spiro atoms. The molecule has 0 aliphatic heterocycles. The molecule has 0 aliphatic rings. The molecule has 0 aromatic heterocycles. The fourth-order valence-electron chi connectivity index (χ4n) is 1.76. The van der Waals surface area contributed by atoms with Crippen molar-refractivity contribution in [2.45, 2.75) is 20.0 Å². The molecule has 0 heterocycles. The lowest BCUT2D eigenvalue weighted by Crippen LogP contribution is -2.24. The van der Waals surface area contributed by atoms with E-state index >= 15 is 0 Å². The number of ketones is 1. The van der Waals surface area contributed by atoms with Gasteiger partial charge in [-0.1, -0.05) is 53.0 Å². The first-order chi connectivity index (χ1) is 9.47. The van der Waals surface area contributed by atoms with E-state index in [2.05, 4.69) is 0 Å². The highest BCUT2D eigenvalue weighted by atomic mass is 35.5. The zero-order valence-corrected chi connectivity index (χ0v) is 12.7. The van der Waals surface area contributed by atoms with Gasteiger partial charge in [0.25, 0.3) is 0 Å². The molecule has 4 heteroatoms. The van der Waals surface area contributed by atoms with Gasteiger partial charge in [0.1, 0.15) is 5.75 Å². The third-order valence-electron chi connectivity index (χ3n) is 2.90. The van der Waals surface area contributed by atoms with Gasteiger partial charge in [0.15, 0.2) is 6.10 Å². The van der Waals surface area contributed by atoms with Crippen molar-refractivity contribution in [3.05, 3.63) is 63.6 Å². The van der Waals surface area contributed by atoms with E-state index in [1.54, 1.807) is 37.3 Å². The van der Waals surface area contributed by atoms with Gasteiger partial charge in [-0.25, -0.2) is 0 Å². The second kappa shape index (κ2) is 6.29. The molecule has 104 valence electrons. The summed E-state index contributed by atoms with van der Waals surface area (Å²) in [5, 5.41) is 0.942. The molecule has 20 heavy (non-hydrogen) atoms. The molecule has 1 unspecified atom stereocenters. The maximum Gasteiger partial charge on any atom is 0.202 e. The molecule has 2 rings (SSSR count). The highest BCUT2D eigenvalue weighted by Crippen LogP contribution is 2.29. The van der Waals surface area contributed by atoms with E-state index < -0.39 is 6.10 Å².